The van der Waals surface area contributed by atoms with Crippen molar-refractivity contribution in [3.05, 3.63) is 70.8 Å². The third kappa shape index (κ3) is 11.3. The lowest BCUT2D eigenvalue weighted by atomic mass is 9.95. The first-order valence-corrected chi connectivity index (χ1v) is 14.3. The number of nitrogens with zero attached hydrogens (tertiary/aromatic N) is 1. The fraction of sp³-hybridized carbons (Fsp3) is 0.500. The molecular weight excluding hydrogens is 520 g/mol. The highest BCUT2D eigenvalue weighted by Crippen LogP contribution is 2.28. The highest BCUT2D eigenvalue weighted by atomic mass is 16.6. The molecule has 2 aromatic rings. The van der Waals surface area contributed by atoms with Crippen LogP contribution in [0.1, 0.15) is 88.1 Å². The highest BCUT2D eigenvalue weighted by molar-refractivity contribution is 5.92. The number of aryl methyl sites for hydroxylation is 2. The molecule has 41 heavy (non-hydrogen) atoms. The molecule has 4 N–H and O–H groups in total. The van der Waals surface area contributed by atoms with E-state index in [-0.39, 0.29) is 25.3 Å². The van der Waals surface area contributed by atoms with Crippen molar-refractivity contribution < 1.29 is 23.9 Å². The number of primary amides is 1. The van der Waals surface area contributed by atoms with Crippen LogP contribution in [0.25, 0.3) is 0 Å². The predicted octanol–water partition coefficient (Wildman–Crippen LogP) is 4.84. The van der Waals surface area contributed by atoms with Crippen molar-refractivity contribution in [3.63, 3.8) is 0 Å². The lowest BCUT2D eigenvalue weighted by Crippen LogP contribution is -2.53. The Hall–Kier alpha value is -3.88. The van der Waals surface area contributed by atoms with Crippen molar-refractivity contribution in [3.8, 4) is 0 Å². The van der Waals surface area contributed by atoms with Gasteiger partial charge in [0.2, 0.25) is 17.7 Å². The van der Waals surface area contributed by atoms with Crippen molar-refractivity contribution in [1.82, 2.24) is 15.5 Å². The molecule has 4 amide bonds. The van der Waals surface area contributed by atoms with Crippen LogP contribution in [-0.4, -0.2) is 46.9 Å². The smallest absolute Gasteiger partial charge is 0.408 e. The summed E-state index contributed by atoms with van der Waals surface area (Å²) in [6, 6.07) is 13.2. The van der Waals surface area contributed by atoms with Crippen molar-refractivity contribution >= 4 is 23.8 Å². The molecule has 2 rings (SSSR count). The van der Waals surface area contributed by atoms with E-state index in [4.69, 9.17) is 10.5 Å². The van der Waals surface area contributed by atoms with Crippen molar-refractivity contribution in [2.45, 2.75) is 97.9 Å². The number of alkyl carbamates (subject to hydrolysis) is 1. The van der Waals surface area contributed by atoms with Gasteiger partial charge in [0.25, 0.3) is 0 Å². The molecule has 0 radical (unpaired) electrons. The summed E-state index contributed by atoms with van der Waals surface area (Å²) in [5.74, 6) is -1.41. The summed E-state index contributed by atoms with van der Waals surface area (Å²) < 4.78 is 5.40. The Kier molecular flexibility index (Phi) is 12.8. The second-order valence-corrected chi connectivity index (χ2v) is 11.4. The first-order valence-electron chi connectivity index (χ1n) is 14.3. The molecule has 2 unspecified atom stereocenters. The molecule has 0 aliphatic carbocycles. The summed E-state index contributed by atoms with van der Waals surface area (Å²) in [6.45, 7) is 11.7. The van der Waals surface area contributed by atoms with Gasteiger partial charge in [-0.1, -0.05) is 73.9 Å². The number of rotatable bonds is 14. The van der Waals surface area contributed by atoms with Gasteiger partial charge in [-0.25, -0.2) is 4.79 Å². The number of hydrogen-bond acceptors (Lipinski definition) is 5. The number of carbonyl (C=O) groups is 4. The maximum atomic E-state index is 14.2. The zero-order valence-corrected chi connectivity index (χ0v) is 25.3. The summed E-state index contributed by atoms with van der Waals surface area (Å²) in [5.41, 5.74) is 8.13. The largest absolute Gasteiger partial charge is 0.444 e. The Labute approximate surface area is 244 Å². The predicted molar refractivity (Wildman–Crippen MR) is 160 cm³/mol. The van der Waals surface area contributed by atoms with E-state index < -0.39 is 35.6 Å². The maximum absolute atomic E-state index is 14.2. The Bertz CT molecular complexity index is 1180. The second-order valence-electron chi connectivity index (χ2n) is 11.4. The molecule has 0 saturated heterocycles. The molecule has 224 valence electrons. The molecule has 2 aromatic carbocycles. The topological polar surface area (TPSA) is 131 Å². The van der Waals surface area contributed by atoms with E-state index in [1.807, 2.05) is 62.4 Å². The minimum atomic E-state index is -1.12. The van der Waals surface area contributed by atoms with E-state index >= 15 is 0 Å². The number of ether oxygens (including phenoxy) is 1. The van der Waals surface area contributed by atoms with Gasteiger partial charge in [0.05, 0.1) is 0 Å². The number of amides is 4. The van der Waals surface area contributed by atoms with Crippen LogP contribution in [0.2, 0.25) is 0 Å². The molecule has 0 aliphatic heterocycles. The van der Waals surface area contributed by atoms with Gasteiger partial charge < -0.3 is 26.0 Å². The number of benzene rings is 2. The van der Waals surface area contributed by atoms with E-state index in [0.717, 1.165) is 29.5 Å². The fourth-order valence-electron chi connectivity index (χ4n) is 4.56. The van der Waals surface area contributed by atoms with Gasteiger partial charge in [0.1, 0.15) is 17.7 Å². The van der Waals surface area contributed by atoms with E-state index in [1.54, 1.807) is 20.8 Å². The summed E-state index contributed by atoms with van der Waals surface area (Å²) in [7, 11) is 0. The van der Waals surface area contributed by atoms with Crippen molar-refractivity contribution in [2.24, 2.45) is 5.73 Å². The van der Waals surface area contributed by atoms with Gasteiger partial charge in [-0.2, -0.15) is 0 Å². The molecule has 0 heterocycles. The fourth-order valence-corrected chi connectivity index (χ4v) is 4.56. The number of carbonyl (C=O) groups excluding carboxylic acids is 4. The third-order valence-corrected chi connectivity index (χ3v) is 6.54. The van der Waals surface area contributed by atoms with Gasteiger partial charge in [0.15, 0.2) is 0 Å². The number of nitrogens with one attached hydrogen (secondary N) is 2. The van der Waals surface area contributed by atoms with Crippen LogP contribution in [0, 0.1) is 13.8 Å². The van der Waals surface area contributed by atoms with E-state index in [1.165, 1.54) is 4.90 Å². The van der Waals surface area contributed by atoms with Crippen LogP contribution in [-0.2, 0) is 25.7 Å². The monoisotopic (exact) mass is 566 g/mol. The molecule has 0 fully saturated rings. The SMILES string of the molecule is CCCCCN(C(=O)C(CCC(N)=O)NC(=O)OC(C)(C)C)C(C(=O)NCc1ccccc1)c1ccc(C)cc1C. The quantitative estimate of drug-likeness (QED) is 0.282. The molecule has 9 heteroatoms. The van der Waals surface area contributed by atoms with Gasteiger partial charge in [-0.15, -0.1) is 0 Å². The summed E-state index contributed by atoms with van der Waals surface area (Å²) in [6.07, 6.45) is 1.49. The Balaban J connectivity index is 2.53. The van der Waals surface area contributed by atoms with Crippen LogP contribution in [0.5, 0.6) is 0 Å². The van der Waals surface area contributed by atoms with Crippen LogP contribution < -0.4 is 16.4 Å². The van der Waals surface area contributed by atoms with E-state index in [2.05, 4.69) is 17.6 Å². The maximum Gasteiger partial charge on any atom is 0.408 e. The molecule has 2 atom stereocenters. The van der Waals surface area contributed by atoms with Gasteiger partial charge in [0, 0.05) is 19.5 Å². The summed E-state index contributed by atoms with van der Waals surface area (Å²) in [5, 5.41) is 5.64. The minimum Gasteiger partial charge on any atom is -0.444 e. The molecule has 0 bridgehead atoms. The molecule has 0 aliphatic rings. The summed E-state index contributed by atoms with van der Waals surface area (Å²) in [4.78, 5) is 54.1. The van der Waals surface area contributed by atoms with Crippen LogP contribution in [0.4, 0.5) is 4.79 Å². The van der Waals surface area contributed by atoms with Gasteiger partial charge in [-0.05, 0) is 64.2 Å². The lowest BCUT2D eigenvalue weighted by Gasteiger charge is -2.35. The number of nitrogens with two attached hydrogens (primary N) is 1. The first kappa shape index (κ1) is 33.3. The van der Waals surface area contributed by atoms with E-state index in [9.17, 15) is 19.2 Å². The normalized spacial score (nSPS) is 12.6. The van der Waals surface area contributed by atoms with Crippen LogP contribution >= 0.6 is 0 Å². The molecule has 9 nitrogen and oxygen atoms in total. The second kappa shape index (κ2) is 15.8. The van der Waals surface area contributed by atoms with Crippen LogP contribution in [0.15, 0.2) is 48.5 Å². The number of unbranched alkanes of at least 4 members (excludes halogenated alkanes) is 2. The van der Waals surface area contributed by atoms with Gasteiger partial charge in [-0.3, -0.25) is 14.4 Å². The molecule has 0 aromatic heterocycles. The van der Waals surface area contributed by atoms with E-state index in [0.29, 0.717) is 18.5 Å². The minimum absolute atomic E-state index is 0.0249. The van der Waals surface area contributed by atoms with Crippen LogP contribution in [0.3, 0.4) is 0 Å². The Morgan fingerprint density at radius 3 is 2.27 bits per heavy atom. The average Bonchev–Trinajstić information content (AvgIpc) is 2.89. The first-order chi connectivity index (χ1) is 19.3. The molecule has 0 saturated carbocycles. The van der Waals surface area contributed by atoms with Gasteiger partial charge >= 0.3 is 6.09 Å². The zero-order chi connectivity index (χ0) is 30.6. The molecule has 0 spiro atoms. The standard InChI is InChI=1S/C32H46N4O5/c1-7-8-12-19-36(30(39)26(17-18-27(33)37)35-31(40)41-32(4,5)6)28(25-16-15-22(2)20-23(25)3)29(38)34-21-24-13-10-9-11-14-24/h9-11,13-16,20,26,28H,7-8,12,17-19,21H2,1-6H3,(H2,33,37)(H,34,38)(H,35,40). The average molecular weight is 567 g/mol. The third-order valence-electron chi connectivity index (χ3n) is 6.54. The lowest BCUT2D eigenvalue weighted by molar-refractivity contribution is -0.143. The Morgan fingerprint density at radius 2 is 1.68 bits per heavy atom. The number of hydrogen-bond donors (Lipinski definition) is 3. The summed E-state index contributed by atoms with van der Waals surface area (Å²) >= 11 is 0. The highest BCUT2D eigenvalue weighted by Gasteiger charge is 2.36. The van der Waals surface area contributed by atoms with Crippen molar-refractivity contribution in [1.29, 1.82) is 0 Å². The zero-order valence-electron chi connectivity index (χ0n) is 25.3. The molecular formula is C32H46N4O5. The Morgan fingerprint density at radius 1 is 1.00 bits per heavy atom. The van der Waals surface area contributed by atoms with Crippen molar-refractivity contribution in [2.75, 3.05) is 6.54 Å².